The summed E-state index contributed by atoms with van der Waals surface area (Å²) in [6.45, 7) is 0.525. The zero-order chi connectivity index (χ0) is 19.5. The summed E-state index contributed by atoms with van der Waals surface area (Å²) in [5, 5.41) is 6.55. The van der Waals surface area contributed by atoms with Gasteiger partial charge in [0.25, 0.3) is 5.91 Å². The second-order valence-electron chi connectivity index (χ2n) is 6.72. The molecule has 5 nitrogen and oxygen atoms in total. The predicted molar refractivity (Wildman–Crippen MR) is 110 cm³/mol. The largest absolute Gasteiger partial charge is 0.497 e. The average molecular weight is 371 g/mol. The average Bonchev–Trinajstić information content (AvgIpc) is 3.23. The van der Waals surface area contributed by atoms with Crippen LogP contribution >= 0.6 is 0 Å². The fraction of sp³-hybridized carbons (Fsp3) is 0.130. The van der Waals surface area contributed by atoms with Crippen LogP contribution in [0.3, 0.4) is 0 Å². The van der Waals surface area contributed by atoms with Crippen molar-refractivity contribution >= 4 is 16.7 Å². The monoisotopic (exact) mass is 371 g/mol. The lowest BCUT2D eigenvalue weighted by molar-refractivity contribution is 0.0785. The van der Waals surface area contributed by atoms with Crippen LogP contribution in [0, 0.1) is 0 Å². The molecule has 1 amide bonds. The van der Waals surface area contributed by atoms with E-state index in [-0.39, 0.29) is 5.91 Å². The highest BCUT2D eigenvalue weighted by molar-refractivity contribution is 5.93. The number of hydrogen-bond acceptors (Lipinski definition) is 3. The molecule has 5 heteroatoms. The summed E-state index contributed by atoms with van der Waals surface area (Å²) in [7, 11) is 3.47. The molecule has 1 aromatic heterocycles. The van der Waals surface area contributed by atoms with Gasteiger partial charge in [0.05, 0.1) is 24.6 Å². The van der Waals surface area contributed by atoms with Crippen LogP contribution in [-0.2, 0) is 6.54 Å². The highest BCUT2D eigenvalue weighted by Gasteiger charge is 2.15. The van der Waals surface area contributed by atoms with Crippen LogP contribution < -0.4 is 4.74 Å². The fourth-order valence-electron chi connectivity index (χ4n) is 3.22. The molecule has 0 fully saturated rings. The number of benzene rings is 3. The number of carbonyl (C=O) groups is 1. The third kappa shape index (κ3) is 3.60. The number of rotatable bonds is 5. The van der Waals surface area contributed by atoms with Crippen molar-refractivity contribution in [2.75, 3.05) is 14.2 Å². The van der Waals surface area contributed by atoms with Crippen LogP contribution in [0.1, 0.15) is 15.9 Å². The number of carbonyl (C=O) groups excluding carboxylic acids is 1. The van der Waals surface area contributed by atoms with Crippen LogP contribution in [0.2, 0.25) is 0 Å². The molecular formula is C23H21N3O2. The number of nitrogens with zero attached hydrogens (tertiary/aromatic N) is 3. The molecule has 0 aliphatic carbocycles. The topological polar surface area (TPSA) is 47.4 Å². The molecule has 0 N–H and O–H groups in total. The van der Waals surface area contributed by atoms with Crippen molar-refractivity contribution in [3.63, 3.8) is 0 Å². The van der Waals surface area contributed by atoms with Gasteiger partial charge in [0.15, 0.2) is 0 Å². The number of hydrogen-bond donors (Lipinski definition) is 0. The molecule has 0 saturated heterocycles. The Hall–Kier alpha value is -3.60. The van der Waals surface area contributed by atoms with Crippen LogP contribution in [-0.4, -0.2) is 34.7 Å². The zero-order valence-electron chi connectivity index (χ0n) is 15.9. The number of ether oxygens (including phenoxy) is 1. The third-order valence-corrected chi connectivity index (χ3v) is 4.73. The summed E-state index contributed by atoms with van der Waals surface area (Å²) in [4.78, 5) is 14.5. The van der Waals surface area contributed by atoms with Crippen molar-refractivity contribution < 1.29 is 9.53 Å². The van der Waals surface area contributed by atoms with E-state index in [2.05, 4.69) is 17.2 Å². The Balaban J connectivity index is 1.50. The van der Waals surface area contributed by atoms with E-state index in [9.17, 15) is 4.79 Å². The number of methoxy groups -OCH3 is 1. The van der Waals surface area contributed by atoms with Crippen molar-refractivity contribution in [2.45, 2.75) is 6.54 Å². The number of aromatic nitrogens is 2. The second kappa shape index (κ2) is 7.56. The first kappa shape index (κ1) is 17.8. The van der Waals surface area contributed by atoms with Crippen molar-refractivity contribution in [3.05, 3.63) is 90.3 Å². The Kier molecular flexibility index (Phi) is 4.81. The minimum Gasteiger partial charge on any atom is -0.497 e. The highest BCUT2D eigenvalue weighted by Crippen LogP contribution is 2.22. The van der Waals surface area contributed by atoms with E-state index in [1.807, 2.05) is 54.6 Å². The predicted octanol–water partition coefficient (Wildman–Crippen LogP) is 4.31. The van der Waals surface area contributed by atoms with Gasteiger partial charge in [-0.15, -0.1) is 0 Å². The van der Waals surface area contributed by atoms with E-state index in [1.165, 1.54) is 0 Å². The number of para-hydroxylation sites is 1. The molecule has 4 aromatic rings. The van der Waals surface area contributed by atoms with Gasteiger partial charge in [0.1, 0.15) is 5.75 Å². The zero-order valence-corrected chi connectivity index (χ0v) is 15.9. The minimum atomic E-state index is -0.0583. The van der Waals surface area contributed by atoms with Gasteiger partial charge in [-0.2, -0.15) is 5.10 Å². The summed E-state index contributed by atoms with van der Waals surface area (Å²) in [6.07, 6.45) is 3.37. The molecule has 0 bridgehead atoms. The van der Waals surface area contributed by atoms with Gasteiger partial charge >= 0.3 is 0 Å². The second-order valence-corrected chi connectivity index (χ2v) is 6.72. The Morgan fingerprint density at radius 2 is 1.79 bits per heavy atom. The summed E-state index contributed by atoms with van der Waals surface area (Å²) in [5.41, 5.74) is 2.56. The maximum absolute atomic E-state index is 12.8. The van der Waals surface area contributed by atoms with Gasteiger partial charge in [0.2, 0.25) is 0 Å². The highest BCUT2D eigenvalue weighted by atomic mass is 16.5. The van der Waals surface area contributed by atoms with Gasteiger partial charge in [-0.05, 0) is 46.7 Å². The quantitative estimate of drug-likeness (QED) is 0.525. The molecule has 0 spiro atoms. The Labute approximate surface area is 163 Å². The fourth-order valence-corrected chi connectivity index (χ4v) is 3.22. The lowest BCUT2D eigenvalue weighted by Crippen LogP contribution is -2.25. The molecule has 4 rings (SSSR count). The molecule has 28 heavy (non-hydrogen) atoms. The van der Waals surface area contributed by atoms with Crippen LogP contribution in [0.15, 0.2) is 79.1 Å². The molecule has 3 aromatic carbocycles. The molecular weight excluding hydrogens is 350 g/mol. The van der Waals surface area contributed by atoms with Crippen LogP contribution in [0.25, 0.3) is 16.5 Å². The number of amides is 1. The molecule has 0 aliphatic rings. The first-order valence-electron chi connectivity index (χ1n) is 9.06. The molecule has 0 radical (unpaired) electrons. The third-order valence-electron chi connectivity index (χ3n) is 4.73. The maximum Gasteiger partial charge on any atom is 0.257 e. The van der Waals surface area contributed by atoms with E-state index >= 15 is 0 Å². The van der Waals surface area contributed by atoms with Crippen molar-refractivity contribution in [3.8, 4) is 11.4 Å². The van der Waals surface area contributed by atoms with E-state index in [0.29, 0.717) is 12.1 Å². The maximum atomic E-state index is 12.8. The molecule has 0 saturated carbocycles. The molecule has 0 unspecified atom stereocenters. The van der Waals surface area contributed by atoms with Crippen LogP contribution in [0.5, 0.6) is 5.75 Å². The van der Waals surface area contributed by atoms with Gasteiger partial charge in [0, 0.05) is 19.8 Å². The molecule has 0 aliphatic heterocycles. The van der Waals surface area contributed by atoms with E-state index in [1.54, 1.807) is 36.1 Å². The number of fused-ring (bicyclic) bond motifs is 1. The smallest absolute Gasteiger partial charge is 0.257 e. The normalized spacial score (nSPS) is 10.8. The standard InChI is InChI=1S/C23H21N3O2/c1-25(15-17-8-9-19-13-22(28-2)11-10-18(19)12-17)23(27)20-14-24-26(16-20)21-6-4-3-5-7-21/h3-14,16H,15H2,1-2H3. The van der Waals surface area contributed by atoms with Gasteiger partial charge in [-0.25, -0.2) is 4.68 Å². The minimum absolute atomic E-state index is 0.0583. The van der Waals surface area contributed by atoms with Crippen molar-refractivity contribution in [1.29, 1.82) is 0 Å². The van der Waals surface area contributed by atoms with E-state index in [4.69, 9.17) is 4.74 Å². The first-order chi connectivity index (χ1) is 13.6. The SMILES string of the molecule is COc1ccc2cc(CN(C)C(=O)c3cnn(-c4ccccc4)c3)ccc2c1. The Bertz CT molecular complexity index is 1120. The lowest BCUT2D eigenvalue weighted by Gasteiger charge is -2.17. The van der Waals surface area contributed by atoms with Gasteiger partial charge in [-0.3, -0.25) is 4.79 Å². The molecule has 1 heterocycles. The van der Waals surface area contributed by atoms with Crippen molar-refractivity contribution in [1.82, 2.24) is 14.7 Å². The molecule has 0 atom stereocenters. The van der Waals surface area contributed by atoms with Gasteiger partial charge < -0.3 is 9.64 Å². The van der Waals surface area contributed by atoms with Gasteiger partial charge in [-0.1, -0.05) is 36.4 Å². The van der Waals surface area contributed by atoms with Crippen LogP contribution in [0.4, 0.5) is 0 Å². The summed E-state index contributed by atoms with van der Waals surface area (Å²) < 4.78 is 6.98. The van der Waals surface area contributed by atoms with Crippen molar-refractivity contribution in [2.24, 2.45) is 0 Å². The first-order valence-corrected chi connectivity index (χ1v) is 9.06. The van der Waals surface area contributed by atoms with E-state index in [0.717, 1.165) is 27.8 Å². The Morgan fingerprint density at radius 3 is 2.57 bits per heavy atom. The van der Waals surface area contributed by atoms with E-state index < -0.39 is 0 Å². The summed E-state index contributed by atoms with van der Waals surface area (Å²) in [6, 6.07) is 21.9. The summed E-state index contributed by atoms with van der Waals surface area (Å²) in [5.74, 6) is 0.778. The Morgan fingerprint density at radius 1 is 1.04 bits per heavy atom. The summed E-state index contributed by atoms with van der Waals surface area (Å²) >= 11 is 0. The lowest BCUT2D eigenvalue weighted by atomic mass is 10.1. The molecule has 140 valence electrons.